The predicted molar refractivity (Wildman–Crippen MR) is 96.3 cm³/mol. The summed E-state index contributed by atoms with van der Waals surface area (Å²) in [6, 6.07) is 5.33. The largest absolute Gasteiger partial charge is 0.352 e. The lowest BCUT2D eigenvalue weighted by atomic mass is 10.1. The highest BCUT2D eigenvalue weighted by Gasteiger charge is 2.33. The zero-order chi connectivity index (χ0) is 18.7. The number of aryl methyl sites for hydroxylation is 2. The molecule has 1 atom stereocenters. The van der Waals surface area contributed by atoms with Gasteiger partial charge in [0.25, 0.3) is 5.91 Å². The molecule has 2 aromatic rings. The van der Waals surface area contributed by atoms with Crippen LogP contribution in [0.2, 0.25) is 0 Å². The fraction of sp³-hybridized carbons (Fsp3) is 0.421. The molecule has 0 aromatic carbocycles. The summed E-state index contributed by atoms with van der Waals surface area (Å²) < 4.78 is 0. The molecular weight excluding hydrogens is 330 g/mol. The van der Waals surface area contributed by atoms with Gasteiger partial charge in [-0.3, -0.25) is 9.59 Å². The molecule has 136 valence electrons. The Bertz CT molecular complexity index is 836. The summed E-state index contributed by atoms with van der Waals surface area (Å²) in [4.78, 5) is 39.3. The van der Waals surface area contributed by atoms with Crippen LogP contribution in [0.3, 0.4) is 0 Å². The number of nitrogens with one attached hydrogen (secondary N) is 1. The molecule has 7 heteroatoms. The summed E-state index contributed by atoms with van der Waals surface area (Å²) in [5.74, 6) is 0.456. The third-order valence-electron chi connectivity index (χ3n) is 4.48. The van der Waals surface area contributed by atoms with E-state index < -0.39 is 0 Å². The molecule has 1 aliphatic heterocycles. The molecule has 0 radical (unpaired) electrons. The Morgan fingerprint density at radius 2 is 2.08 bits per heavy atom. The Hall–Kier alpha value is -2.83. The molecule has 7 nitrogen and oxygen atoms in total. The topological polar surface area (TPSA) is 88.1 Å². The number of amides is 2. The SMILES string of the molecule is CC(=O)NCc1cnc(C)nc1[C@@H]1CCCN1C(=O)c1cccc(C)n1. The van der Waals surface area contributed by atoms with Crippen LogP contribution >= 0.6 is 0 Å². The van der Waals surface area contributed by atoms with Crippen molar-refractivity contribution in [3.8, 4) is 0 Å². The number of hydrogen-bond acceptors (Lipinski definition) is 5. The Kier molecular flexibility index (Phi) is 5.25. The standard InChI is InChI=1S/C19H23N5O2/c1-12-6-4-7-16(22-12)19(26)24-9-5-8-17(24)18-15(11-21-14(3)25)10-20-13(2)23-18/h4,6-7,10,17H,5,8-9,11H2,1-3H3,(H,21,25)/t17-/m0/s1. The van der Waals surface area contributed by atoms with Crippen molar-refractivity contribution >= 4 is 11.8 Å². The van der Waals surface area contributed by atoms with Crippen molar-refractivity contribution in [2.45, 2.75) is 46.2 Å². The Labute approximate surface area is 152 Å². The van der Waals surface area contributed by atoms with Crippen LogP contribution in [0.15, 0.2) is 24.4 Å². The lowest BCUT2D eigenvalue weighted by Gasteiger charge is -2.26. The molecule has 1 N–H and O–H groups in total. The van der Waals surface area contributed by atoms with Gasteiger partial charge in [-0.2, -0.15) is 0 Å². The fourth-order valence-electron chi connectivity index (χ4n) is 3.26. The number of rotatable bonds is 4. The third kappa shape index (κ3) is 3.87. The Morgan fingerprint density at radius 1 is 1.27 bits per heavy atom. The van der Waals surface area contributed by atoms with Crippen LogP contribution in [0.4, 0.5) is 0 Å². The van der Waals surface area contributed by atoms with Crippen LogP contribution in [-0.4, -0.2) is 38.2 Å². The number of hydrogen-bond donors (Lipinski definition) is 1. The second-order valence-electron chi connectivity index (χ2n) is 6.56. The molecule has 3 heterocycles. The fourth-order valence-corrected chi connectivity index (χ4v) is 3.26. The predicted octanol–water partition coefficient (Wildman–Crippen LogP) is 2.10. The van der Waals surface area contributed by atoms with Gasteiger partial charge in [0.1, 0.15) is 11.5 Å². The first-order valence-electron chi connectivity index (χ1n) is 8.77. The van der Waals surface area contributed by atoms with Crippen LogP contribution in [0.25, 0.3) is 0 Å². The highest BCUT2D eigenvalue weighted by atomic mass is 16.2. The molecule has 2 amide bonds. The molecule has 0 spiro atoms. The number of pyridine rings is 1. The zero-order valence-corrected chi connectivity index (χ0v) is 15.3. The highest BCUT2D eigenvalue weighted by molar-refractivity contribution is 5.92. The number of nitrogens with zero attached hydrogens (tertiary/aromatic N) is 4. The van der Waals surface area contributed by atoms with Gasteiger partial charge in [0.2, 0.25) is 5.91 Å². The zero-order valence-electron chi connectivity index (χ0n) is 15.3. The second-order valence-corrected chi connectivity index (χ2v) is 6.56. The molecule has 0 bridgehead atoms. The van der Waals surface area contributed by atoms with Crippen LogP contribution in [0.5, 0.6) is 0 Å². The van der Waals surface area contributed by atoms with Crippen molar-refractivity contribution in [3.63, 3.8) is 0 Å². The molecular formula is C19H23N5O2. The van der Waals surface area contributed by atoms with E-state index in [0.29, 0.717) is 24.6 Å². The smallest absolute Gasteiger partial charge is 0.273 e. The average Bonchev–Trinajstić information content (AvgIpc) is 3.09. The molecule has 1 fully saturated rings. The van der Waals surface area contributed by atoms with E-state index in [1.54, 1.807) is 12.3 Å². The van der Waals surface area contributed by atoms with E-state index in [1.165, 1.54) is 6.92 Å². The number of aromatic nitrogens is 3. The minimum Gasteiger partial charge on any atom is -0.352 e. The minimum absolute atomic E-state index is 0.0852. The second kappa shape index (κ2) is 7.59. The van der Waals surface area contributed by atoms with E-state index in [9.17, 15) is 9.59 Å². The van der Waals surface area contributed by atoms with Gasteiger partial charge in [0.15, 0.2) is 0 Å². The lowest BCUT2D eigenvalue weighted by Crippen LogP contribution is -2.33. The monoisotopic (exact) mass is 353 g/mol. The summed E-state index contributed by atoms with van der Waals surface area (Å²) in [6.45, 7) is 6.20. The molecule has 3 rings (SSSR count). The van der Waals surface area contributed by atoms with E-state index >= 15 is 0 Å². The van der Waals surface area contributed by atoms with Crippen molar-refractivity contribution in [2.24, 2.45) is 0 Å². The molecule has 0 saturated carbocycles. The first kappa shape index (κ1) is 18.0. The maximum atomic E-state index is 13.0. The normalized spacial score (nSPS) is 16.6. The molecule has 1 saturated heterocycles. The van der Waals surface area contributed by atoms with E-state index in [2.05, 4.69) is 20.3 Å². The number of carbonyl (C=O) groups excluding carboxylic acids is 2. The molecule has 2 aromatic heterocycles. The first-order chi connectivity index (χ1) is 12.5. The minimum atomic E-state index is -0.129. The van der Waals surface area contributed by atoms with Crippen molar-refractivity contribution < 1.29 is 9.59 Å². The summed E-state index contributed by atoms with van der Waals surface area (Å²) >= 11 is 0. The summed E-state index contributed by atoms with van der Waals surface area (Å²) in [7, 11) is 0. The summed E-state index contributed by atoms with van der Waals surface area (Å²) in [6.07, 6.45) is 3.48. The highest BCUT2D eigenvalue weighted by Crippen LogP contribution is 2.33. The summed E-state index contributed by atoms with van der Waals surface area (Å²) in [5, 5.41) is 2.79. The van der Waals surface area contributed by atoms with Crippen molar-refractivity contribution in [1.82, 2.24) is 25.2 Å². The molecule has 1 aliphatic rings. The van der Waals surface area contributed by atoms with Crippen LogP contribution in [-0.2, 0) is 11.3 Å². The van der Waals surface area contributed by atoms with Crippen molar-refractivity contribution in [3.05, 3.63) is 52.9 Å². The maximum absolute atomic E-state index is 13.0. The van der Waals surface area contributed by atoms with E-state index in [-0.39, 0.29) is 17.9 Å². The number of likely N-dealkylation sites (tertiary alicyclic amines) is 1. The van der Waals surface area contributed by atoms with Crippen LogP contribution in [0.1, 0.15) is 59.1 Å². The van der Waals surface area contributed by atoms with Gasteiger partial charge in [-0.25, -0.2) is 15.0 Å². The quantitative estimate of drug-likeness (QED) is 0.909. The van der Waals surface area contributed by atoms with E-state index in [0.717, 1.165) is 29.8 Å². The van der Waals surface area contributed by atoms with Gasteiger partial charge in [-0.15, -0.1) is 0 Å². The molecule has 26 heavy (non-hydrogen) atoms. The summed E-state index contributed by atoms with van der Waals surface area (Å²) in [5.41, 5.74) is 2.92. The van der Waals surface area contributed by atoms with Crippen LogP contribution in [0, 0.1) is 13.8 Å². The van der Waals surface area contributed by atoms with Gasteiger partial charge in [0.05, 0.1) is 11.7 Å². The van der Waals surface area contributed by atoms with Crippen molar-refractivity contribution in [2.75, 3.05) is 6.54 Å². The molecule has 0 aliphatic carbocycles. The third-order valence-corrected chi connectivity index (χ3v) is 4.48. The molecule has 0 unspecified atom stereocenters. The number of carbonyl (C=O) groups is 2. The van der Waals surface area contributed by atoms with Gasteiger partial charge < -0.3 is 10.2 Å². The van der Waals surface area contributed by atoms with Gasteiger partial charge in [-0.1, -0.05) is 6.07 Å². The average molecular weight is 353 g/mol. The van der Waals surface area contributed by atoms with Crippen LogP contribution < -0.4 is 5.32 Å². The van der Waals surface area contributed by atoms with Gasteiger partial charge >= 0.3 is 0 Å². The Morgan fingerprint density at radius 3 is 2.81 bits per heavy atom. The Balaban J connectivity index is 1.91. The van der Waals surface area contributed by atoms with Gasteiger partial charge in [-0.05, 0) is 38.8 Å². The van der Waals surface area contributed by atoms with E-state index in [4.69, 9.17) is 0 Å². The lowest BCUT2D eigenvalue weighted by molar-refractivity contribution is -0.119. The van der Waals surface area contributed by atoms with Gasteiger partial charge in [0, 0.05) is 37.5 Å². The van der Waals surface area contributed by atoms with E-state index in [1.807, 2.05) is 30.9 Å². The maximum Gasteiger partial charge on any atom is 0.273 e. The first-order valence-corrected chi connectivity index (χ1v) is 8.77. The van der Waals surface area contributed by atoms with Crippen molar-refractivity contribution in [1.29, 1.82) is 0 Å².